The van der Waals surface area contributed by atoms with E-state index in [9.17, 15) is 9.90 Å². The molecule has 1 fully saturated rings. The smallest absolute Gasteiger partial charge is 0.274 e. The molecule has 1 amide bonds. The summed E-state index contributed by atoms with van der Waals surface area (Å²) in [6.07, 6.45) is 3.43. The summed E-state index contributed by atoms with van der Waals surface area (Å²) in [6.45, 7) is 3.95. The summed E-state index contributed by atoms with van der Waals surface area (Å²) in [5.41, 5.74) is 1.91. The molecule has 144 valence electrons. The Morgan fingerprint density at radius 3 is 2.75 bits per heavy atom. The van der Waals surface area contributed by atoms with Crippen LogP contribution in [0.4, 0.5) is 0 Å². The molecule has 2 aliphatic rings. The van der Waals surface area contributed by atoms with Crippen molar-refractivity contribution in [3.8, 4) is 17.2 Å². The van der Waals surface area contributed by atoms with Gasteiger partial charge in [-0.3, -0.25) is 9.69 Å². The maximum atomic E-state index is 12.8. The molecule has 1 N–H and O–H groups in total. The molecule has 2 aliphatic heterocycles. The first kappa shape index (κ1) is 16.9. The quantitative estimate of drug-likeness (QED) is 0.746. The Morgan fingerprint density at radius 2 is 1.93 bits per heavy atom. The van der Waals surface area contributed by atoms with Crippen LogP contribution in [0.25, 0.3) is 5.65 Å². The molecule has 2 aromatic heterocycles. The molecule has 5 rings (SSSR count). The largest absolute Gasteiger partial charge is 0.504 e. The van der Waals surface area contributed by atoms with Crippen LogP contribution >= 0.6 is 0 Å². The fraction of sp³-hybridized carbons (Fsp3) is 0.300. The standard InChI is InChI=1S/C20H20N4O4/c25-16-2-1-5-24-12-15(21-19(16)24)20(26)23-8-6-22(7-9-23)11-14-3-4-17-18(10-14)28-13-27-17/h1-5,10,12,25H,6-9,11,13H2. The van der Waals surface area contributed by atoms with Crippen LogP contribution in [0.5, 0.6) is 17.2 Å². The van der Waals surface area contributed by atoms with Crippen molar-refractivity contribution in [3.63, 3.8) is 0 Å². The summed E-state index contributed by atoms with van der Waals surface area (Å²) in [5.74, 6) is 1.54. The minimum atomic E-state index is -0.106. The highest BCUT2D eigenvalue weighted by molar-refractivity contribution is 5.93. The number of fused-ring (bicyclic) bond motifs is 2. The van der Waals surface area contributed by atoms with Crippen molar-refractivity contribution in [2.45, 2.75) is 6.54 Å². The van der Waals surface area contributed by atoms with Gasteiger partial charge in [0.2, 0.25) is 6.79 Å². The molecule has 8 nitrogen and oxygen atoms in total. The predicted octanol–water partition coefficient (Wildman–Crippen LogP) is 1.73. The molecular formula is C20H20N4O4. The van der Waals surface area contributed by atoms with E-state index in [-0.39, 0.29) is 18.4 Å². The SMILES string of the molecule is O=C(c1cn2cccc(O)c2n1)N1CCN(Cc2ccc3c(c2)OCO3)CC1. The van der Waals surface area contributed by atoms with Crippen LogP contribution in [0.1, 0.15) is 16.1 Å². The van der Waals surface area contributed by atoms with Gasteiger partial charge in [-0.1, -0.05) is 6.07 Å². The van der Waals surface area contributed by atoms with Gasteiger partial charge in [0.25, 0.3) is 5.91 Å². The highest BCUT2D eigenvalue weighted by Gasteiger charge is 2.24. The monoisotopic (exact) mass is 380 g/mol. The van der Waals surface area contributed by atoms with Crippen molar-refractivity contribution >= 4 is 11.6 Å². The Morgan fingerprint density at radius 1 is 1.11 bits per heavy atom. The minimum Gasteiger partial charge on any atom is -0.504 e. The van der Waals surface area contributed by atoms with E-state index in [0.717, 1.165) is 31.1 Å². The molecule has 0 bridgehead atoms. The second-order valence-electron chi connectivity index (χ2n) is 7.01. The van der Waals surface area contributed by atoms with Gasteiger partial charge < -0.3 is 23.9 Å². The van der Waals surface area contributed by atoms with Gasteiger partial charge >= 0.3 is 0 Å². The number of nitrogens with zero attached hydrogens (tertiary/aromatic N) is 4. The number of aromatic nitrogens is 2. The maximum absolute atomic E-state index is 12.8. The predicted molar refractivity (Wildman–Crippen MR) is 101 cm³/mol. The molecule has 0 saturated carbocycles. The Labute approximate surface area is 161 Å². The summed E-state index contributed by atoms with van der Waals surface area (Å²) in [7, 11) is 0. The van der Waals surface area contributed by atoms with Crippen molar-refractivity contribution in [2.24, 2.45) is 0 Å². The van der Waals surface area contributed by atoms with Gasteiger partial charge in [-0.15, -0.1) is 0 Å². The summed E-state index contributed by atoms with van der Waals surface area (Å²) in [5, 5.41) is 9.88. The van der Waals surface area contributed by atoms with Crippen LogP contribution < -0.4 is 9.47 Å². The molecule has 28 heavy (non-hydrogen) atoms. The molecule has 3 aromatic rings. The lowest BCUT2D eigenvalue weighted by molar-refractivity contribution is 0.0623. The second-order valence-corrected chi connectivity index (χ2v) is 7.01. The topological polar surface area (TPSA) is 79.5 Å². The average molecular weight is 380 g/mol. The number of hydrogen-bond donors (Lipinski definition) is 1. The van der Waals surface area contributed by atoms with Crippen molar-refractivity contribution in [1.29, 1.82) is 0 Å². The van der Waals surface area contributed by atoms with E-state index in [4.69, 9.17) is 9.47 Å². The van der Waals surface area contributed by atoms with Gasteiger partial charge in [0.05, 0.1) is 0 Å². The fourth-order valence-electron chi connectivity index (χ4n) is 3.67. The number of carbonyl (C=O) groups excluding carboxylic acids is 1. The van der Waals surface area contributed by atoms with Crippen molar-refractivity contribution in [3.05, 3.63) is 54.0 Å². The van der Waals surface area contributed by atoms with Crippen molar-refractivity contribution in [1.82, 2.24) is 19.2 Å². The number of pyridine rings is 1. The number of aromatic hydroxyl groups is 1. The first-order valence-corrected chi connectivity index (χ1v) is 9.24. The summed E-state index contributed by atoms with van der Waals surface area (Å²) >= 11 is 0. The molecule has 0 spiro atoms. The second kappa shape index (κ2) is 6.72. The van der Waals surface area contributed by atoms with Crippen molar-refractivity contribution in [2.75, 3.05) is 33.0 Å². The van der Waals surface area contributed by atoms with Crippen LogP contribution in [-0.4, -0.2) is 63.2 Å². The zero-order valence-corrected chi connectivity index (χ0v) is 15.2. The van der Waals surface area contributed by atoms with E-state index in [0.29, 0.717) is 24.4 Å². The molecular weight excluding hydrogens is 360 g/mol. The lowest BCUT2D eigenvalue weighted by atomic mass is 10.1. The Bertz CT molecular complexity index is 1040. The van der Waals surface area contributed by atoms with Gasteiger partial charge in [-0.25, -0.2) is 4.98 Å². The van der Waals surface area contributed by atoms with Crippen LogP contribution in [-0.2, 0) is 6.54 Å². The molecule has 4 heterocycles. The lowest BCUT2D eigenvalue weighted by Gasteiger charge is -2.34. The van der Waals surface area contributed by atoms with E-state index >= 15 is 0 Å². The Kier molecular flexibility index (Phi) is 4.05. The number of ether oxygens (including phenoxy) is 2. The normalized spacial score (nSPS) is 16.6. The lowest BCUT2D eigenvalue weighted by Crippen LogP contribution is -2.48. The van der Waals surface area contributed by atoms with Crippen molar-refractivity contribution < 1.29 is 19.4 Å². The number of imidazole rings is 1. The van der Waals surface area contributed by atoms with E-state index in [1.54, 1.807) is 28.9 Å². The molecule has 1 saturated heterocycles. The molecule has 0 radical (unpaired) electrons. The van der Waals surface area contributed by atoms with Gasteiger partial charge in [-0.2, -0.15) is 0 Å². The summed E-state index contributed by atoms with van der Waals surface area (Å²) in [4.78, 5) is 21.2. The van der Waals surface area contributed by atoms with E-state index < -0.39 is 0 Å². The van der Waals surface area contributed by atoms with Gasteiger partial charge in [-0.05, 0) is 29.8 Å². The summed E-state index contributed by atoms with van der Waals surface area (Å²) in [6, 6.07) is 9.28. The fourth-order valence-corrected chi connectivity index (χ4v) is 3.67. The number of carbonyl (C=O) groups is 1. The summed E-state index contributed by atoms with van der Waals surface area (Å²) < 4.78 is 12.5. The number of rotatable bonds is 3. The van der Waals surface area contributed by atoms with Crippen LogP contribution in [0, 0.1) is 0 Å². The average Bonchev–Trinajstić information content (AvgIpc) is 3.35. The molecule has 0 atom stereocenters. The molecule has 1 aromatic carbocycles. The van der Waals surface area contributed by atoms with E-state index in [1.807, 2.05) is 23.1 Å². The highest BCUT2D eigenvalue weighted by Crippen LogP contribution is 2.32. The zero-order chi connectivity index (χ0) is 19.1. The van der Waals surface area contributed by atoms with Crippen LogP contribution in [0.3, 0.4) is 0 Å². The zero-order valence-electron chi connectivity index (χ0n) is 15.2. The minimum absolute atomic E-state index is 0.0649. The van der Waals surface area contributed by atoms with Crippen LogP contribution in [0.2, 0.25) is 0 Å². The first-order chi connectivity index (χ1) is 13.7. The highest BCUT2D eigenvalue weighted by atomic mass is 16.7. The third kappa shape index (κ3) is 3.01. The number of benzene rings is 1. The van der Waals surface area contributed by atoms with E-state index in [2.05, 4.69) is 9.88 Å². The van der Waals surface area contributed by atoms with Gasteiger partial charge in [0.15, 0.2) is 22.9 Å². The Balaban J connectivity index is 1.22. The third-order valence-corrected chi connectivity index (χ3v) is 5.18. The molecule has 0 aliphatic carbocycles. The maximum Gasteiger partial charge on any atom is 0.274 e. The van der Waals surface area contributed by atoms with Gasteiger partial charge in [0.1, 0.15) is 5.69 Å². The Hall–Kier alpha value is -3.26. The number of hydrogen-bond acceptors (Lipinski definition) is 6. The third-order valence-electron chi connectivity index (χ3n) is 5.18. The number of amides is 1. The van der Waals surface area contributed by atoms with Crippen LogP contribution in [0.15, 0.2) is 42.7 Å². The first-order valence-electron chi connectivity index (χ1n) is 9.24. The molecule has 8 heteroatoms. The molecule has 0 unspecified atom stereocenters. The van der Waals surface area contributed by atoms with Gasteiger partial charge in [0, 0.05) is 45.1 Å². The number of piperazine rings is 1. The van der Waals surface area contributed by atoms with E-state index in [1.165, 1.54) is 5.56 Å².